The highest BCUT2D eigenvalue weighted by molar-refractivity contribution is 7.10. The molecule has 1 aromatic heterocycles. The predicted octanol–water partition coefficient (Wildman–Crippen LogP) is 3.94. The molecule has 2 aromatic rings. The first-order valence-electron chi connectivity index (χ1n) is 6.17. The number of aliphatic hydroxyl groups excluding tert-OH is 1. The van der Waals surface area contributed by atoms with Gasteiger partial charge in [0.15, 0.2) is 0 Å². The zero-order chi connectivity index (χ0) is 14.5. The minimum absolute atomic E-state index is 0.133. The van der Waals surface area contributed by atoms with E-state index in [1.54, 1.807) is 11.3 Å². The van der Waals surface area contributed by atoms with Gasteiger partial charge in [-0.3, -0.25) is 0 Å². The normalized spacial score (nSPS) is 10.0. The molecule has 0 atom stereocenters. The van der Waals surface area contributed by atoms with E-state index in [0.717, 1.165) is 32.3 Å². The Morgan fingerprint density at radius 2 is 2.00 bits per heavy atom. The number of rotatable bonds is 3. The van der Waals surface area contributed by atoms with Crippen LogP contribution in [0.2, 0.25) is 5.02 Å². The van der Waals surface area contributed by atoms with Gasteiger partial charge in [-0.05, 0) is 48.6 Å². The number of hydrogen-bond donors (Lipinski definition) is 1. The average molecular weight is 307 g/mol. The van der Waals surface area contributed by atoms with Gasteiger partial charge >= 0.3 is 0 Å². The second-order valence-electron chi connectivity index (χ2n) is 4.37. The molecule has 0 bridgehead atoms. The van der Waals surface area contributed by atoms with E-state index in [2.05, 4.69) is 11.8 Å². The first-order chi connectivity index (χ1) is 9.61. The standard InChI is InChI=1S/C16H15ClO2S/c1-11-8-14(17)9-12(2)16(11)19-10-15-13(4-3-6-18)5-7-20-15/h5,7-9,18H,6,10H2,1-2H3. The van der Waals surface area contributed by atoms with Gasteiger partial charge < -0.3 is 9.84 Å². The second kappa shape index (κ2) is 6.81. The highest BCUT2D eigenvalue weighted by Crippen LogP contribution is 2.28. The third kappa shape index (κ3) is 3.55. The van der Waals surface area contributed by atoms with E-state index < -0.39 is 0 Å². The summed E-state index contributed by atoms with van der Waals surface area (Å²) in [5.74, 6) is 6.45. The summed E-state index contributed by atoms with van der Waals surface area (Å²) in [6.45, 7) is 4.30. The Morgan fingerprint density at radius 3 is 2.65 bits per heavy atom. The second-order valence-corrected chi connectivity index (χ2v) is 5.81. The van der Waals surface area contributed by atoms with Crippen LogP contribution in [0.25, 0.3) is 0 Å². The quantitative estimate of drug-likeness (QED) is 0.870. The van der Waals surface area contributed by atoms with Gasteiger partial charge in [0.2, 0.25) is 0 Å². The Kier molecular flexibility index (Phi) is 5.08. The molecule has 104 valence electrons. The number of ether oxygens (including phenoxy) is 1. The van der Waals surface area contributed by atoms with Gasteiger partial charge in [-0.25, -0.2) is 0 Å². The molecule has 0 aliphatic heterocycles. The summed E-state index contributed by atoms with van der Waals surface area (Å²) in [4.78, 5) is 1.06. The Hall–Kier alpha value is -1.47. The van der Waals surface area contributed by atoms with Crippen molar-refractivity contribution < 1.29 is 9.84 Å². The maximum Gasteiger partial charge on any atom is 0.125 e. The first kappa shape index (κ1) is 14.9. The van der Waals surface area contributed by atoms with E-state index in [-0.39, 0.29) is 6.61 Å². The Bertz CT molecular complexity index is 642. The highest BCUT2D eigenvalue weighted by atomic mass is 35.5. The maximum absolute atomic E-state index is 8.75. The van der Waals surface area contributed by atoms with Crippen molar-refractivity contribution in [2.45, 2.75) is 20.5 Å². The van der Waals surface area contributed by atoms with Crippen LogP contribution in [0.15, 0.2) is 23.6 Å². The van der Waals surface area contributed by atoms with Gasteiger partial charge in [0.25, 0.3) is 0 Å². The van der Waals surface area contributed by atoms with Gasteiger partial charge in [-0.1, -0.05) is 23.4 Å². The van der Waals surface area contributed by atoms with Crippen molar-refractivity contribution in [1.29, 1.82) is 0 Å². The van der Waals surface area contributed by atoms with Gasteiger partial charge in [-0.15, -0.1) is 11.3 Å². The zero-order valence-electron chi connectivity index (χ0n) is 11.4. The van der Waals surface area contributed by atoms with Crippen LogP contribution >= 0.6 is 22.9 Å². The van der Waals surface area contributed by atoms with Crippen molar-refractivity contribution in [1.82, 2.24) is 0 Å². The third-order valence-electron chi connectivity index (χ3n) is 2.82. The van der Waals surface area contributed by atoms with Crippen LogP contribution in [0.5, 0.6) is 5.75 Å². The fourth-order valence-corrected chi connectivity index (χ4v) is 3.03. The summed E-state index contributed by atoms with van der Waals surface area (Å²) in [5, 5.41) is 11.4. The Labute approximate surface area is 128 Å². The van der Waals surface area contributed by atoms with Gasteiger partial charge in [0.1, 0.15) is 19.0 Å². The van der Waals surface area contributed by atoms with Crippen molar-refractivity contribution >= 4 is 22.9 Å². The van der Waals surface area contributed by atoms with Crippen LogP contribution in [0, 0.1) is 25.7 Å². The smallest absolute Gasteiger partial charge is 0.125 e. The monoisotopic (exact) mass is 306 g/mol. The van der Waals surface area contributed by atoms with Crippen LogP contribution in [0.4, 0.5) is 0 Å². The van der Waals surface area contributed by atoms with E-state index in [1.165, 1.54) is 0 Å². The van der Waals surface area contributed by atoms with E-state index >= 15 is 0 Å². The summed E-state index contributed by atoms with van der Waals surface area (Å²) in [5.41, 5.74) is 2.96. The zero-order valence-corrected chi connectivity index (χ0v) is 12.9. The summed E-state index contributed by atoms with van der Waals surface area (Å²) in [6, 6.07) is 5.73. The van der Waals surface area contributed by atoms with E-state index in [9.17, 15) is 0 Å². The molecule has 2 rings (SSSR count). The van der Waals surface area contributed by atoms with Crippen molar-refractivity contribution in [3.8, 4) is 17.6 Å². The summed E-state index contributed by atoms with van der Waals surface area (Å²) >= 11 is 7.61. The lowest BCUT2D eigenvalue weighted by Gasteiger charge is -2.12. The summed E-state index contributed by atoms with van der Waals surface area (Å²) < 4.78 is 5.91. The largest absolute Gasteiger partial charge is 0.487 e. The van der Waals surface area contributed by atoms with Crippen molar-refractivity contribution in [3.63, 3.8) is 0 Å². The molecule has 0 spiro atoms. The number of aliphatic hydroxyl groups is 1. The average Bonchev–Trinajstić information content (AvgIpc) is 2.82. The molecule has 4 heteroatoms. The van der Waals surface area contributed by atoms with E-state index in [4.69, 9.17) is 21.4 Å². The lowest BCUT2D eigenvalue weighted by Crippen LogP contribution is -1.99. The molecular formula is C16H15ClO2S. The van der Waals surface area contributed by atoms with Crippen molar-refractivity contribution in [2.75, 3.05) is 6.61 Å². The fraction of sp³-hybridized carbons (Fsp3) is 0.250. The molecule has 2 nitrogen and oxygen atoms in total. The molecule has 0 saturated carbocycles. The van der Waals surface area contributed by atoms with E-state index in [1.807, 2.05) is 37.4 Å². The number of thiophene rings is 1. The van der Waals surface area contributed by atoms with Crippen LogP contribution in [-0.4, -0.2) is 11.7 Å². The molecule has 0 saturated heterocycles. The fourth-order valence-electron chi connectivity index (χ4n) is 1.96. The van der Waals surface area contributed by atoms with Crippen molar-refractivity contribution in [2.24, 2.45) is 0 Å². The molecule has 0 unspecified atom stereocenters. The number of aryl methyl sites for hydroxylation is 2. The molecule has 0 amide bonds. The lowest BCUT2D eigenvalue weighted by atomic mass is 10.1. The van der Waals surface area contributed by atoms with E-state index in [0.29, 0.717) is 6.61 Å². The molecule has 0 aliphatic rings. The maximum atomic E-state index is 8.75. The minimum Gasteiger partial charge on any atom is -0.487 e. The van der Waals surface area contributed by atoms with Crippen molar-refractivity contribution in [3.05, 3.63) is 50.2 Å². The van der Waals surface area contributed by atoms with Gasteiger partial charge in [0, 0.05) is 10.6 Å². The number of benzene rings is 1. The predicted molar refractivity (Wildman–Crippen MR) is 83.5 cm³/mol. The summed E-state index contributed by atoms with van der Waals surface area (Å²) in [7, 11) is 0. The SMILES string of the molecule is Cc1cc(Cl)cc(C)c1OCc1sccc1C#CCO. The summed E-state index contributed by atoms with van der Waals surface area (Å²) in [6.07, 6.45) is 0. The van der Waals surface area contributed by atoms with Gasteiger partial charge in [-0.2, -0.15) is 0 Å². The topological polar surface area (TPSA) is 29.5 Å². The molecular weight excluding hydrogens is 292 g/mol. The van der Waals surface area contributed by atoms with Crippen LogP contribution in [0.1, 0.15) is 21.6 Å². The molecule has 0 radical (unpaired) electrons. The molecule has 0 fully saturated rings. The molecule has 1 aromatic carbocycles. The van der Waals surface area contributed by atoms with Crippen LogP contribution in [0.3, 0.4) is 0 Å². The third-order valence-corrected chi connectivity index (χ3v) is 3.93. The minimum atomic E-state index is -0.133. The first-order valence-corrected chi connectivity index (χ1v) is 7.43. The molecule has 1 heterocycles. The van der Waals surface area contributed by atoms with Gasteiger partial charge in [0.05, 0.1) is 4.88 Å². The number of hydrogen-bond acceptors (Lipinski definition) is 3. The molecule has 0 aliphatic carbocycles. The number of halogens is 1. The Balaban J connectivity index is 2.16. The lowest BCUT2D eigenvalue weighted by molar-refractivity contribution is 0.305. The van der Waals surface area contributed by atoms with Crippen LogP contribution < -0.4 is 4.74 Å². The molecule has 20 heavy (non-hydrogen) atoms. The van der Waals surface area contributed by atoms with Crippen LogP contribution in [-0.2, 0) is 6.61 Å². The highest BCUT2D eigenvalue weighted by Gasteiger charge is 2.08. The molecule has 1 N–H and O–H groups in total. The Morgan fingerprint density at radius 1 is 1.30 bits per heavy atom.